The van der Waals surface area contributed by atoms with Crippen LogP contribution in [0.1, 0.15) is 0 Å². The maximum Gasteiger partial charge on any atom is 0.276 e. The Kier molecular flexibility index (Phi) is 8.33. The first-order chi connectivity index (χ1) is 15.9. The van der Waals surface area contributed by atoms with Crippen molar-refractivity contribution >= 4 is 52.3 Å². The number of para-hydroxylation sites is 1. The molecule has 0 aliphatic heterocycles. The highest BCUT2D eigenvalue weighted by molar-refractivity contribution is 6.35. The highest BCUT2D eigenvalue weighted by Crippen LogP contribution is 2.27. The molecule has 3 aromatic rings. The second-order valence-electron chi connectivity index (χ2n) is 6.30. The first kappa shape index (κ1) is 23.7. The van der Waals surface area contributed by atoms with Crippen LogP contribution in [0.25, 0.3) is 0 Å². The molecule has 11 nitrogen and oxygen atoms in total. The summed E-state index contributed by atoms with van der Waals surface area (Å²) < 4.78 is 10.7. The van der Waals surface area contributed by atoms with Gasteiger partial charge in [0.1, 0.15) is 23.5 Å². The van der Waals surface area contributed by atoms with Crippen LogP contribution in [0.5, 0.6) is 11.5 Å². The highest BCUT2D eigenvalue weighted by atomic mass is 35.5. The Balaban J connectivity index is 1.45. The topological polar surface area (TPSA) is 153 Å². The van der Waals surface area contributed by atoms with Crippen LogP contribution >= 0.6 is 23.2 Å². The molecule has 2 amide bonds. The third-order valence-electron chi connectivity index (χ3n) is 3.89. The Morgan fingerprint density at radius 1 is 0.879 bits per heavy atom. The van der Waals surface area contributed by atoms with E-state index in [-0.39, 0.29) is 35.6 Å². The third kappa shape index (κ3) is 7.30. The summed E-state index contributed by atoms with van der Waals surface area (Å²) in [7, 11) is 0. The van der Waals surface area contributed by atoms with Gasteiger partial charge in [0, 0.05) is 5.02 Å². The molecule has 13 heteroatoms. The van der Waals surface area contributed by atoms with Crippen molar-refractivity contribution in [1.29, 1.82) is 0 Å². The largest absolute Gasteiger partial charge is 0.484 e. The van der Waals surface area contributed by atoms with Gasteiger partial charge in [0.25, 0.3) is 11.8 Å². The second-order valence-corrected chi connectivity index (χ2v) is 7.14. The molecule has 0 aliphatic carbocycles. The summed E-state index contributed by atoms with van der Waals surface area (Å²) in [5.41, 5.74) is 15.9. The third-order valence-corrected chi connectivity index (χ3v) is 4.42. The molecule has 2 aromatic carbocycles. The lowest BCUT2D eigenvalue weighted by Gasteiger charge is -2.14. The molecule has 0 spiro atoms. The first-order valence-corrected chi connectivity index (χ1v) is 10.1. The van der Waals surface area contributed by atoms with Gasteiger partial charge in [0.2, 0.25) is 0 Å². The SMILES string of the molecule is Nc1c(NNC(=O)COc2ccccc2)ncnc1NNC(=O)COc1ccc(Cl)cc1Cl. The molecule has 33 heavy (non-hydrogen) atoms. The van der Waals surface area contributed by atoms with Gasteiger partial charge in [-0.3, -0.25) is 31.3 Å². The minimum Gasteiger partial charge on any atom is -0.484 e. The standard InChI is InChI=1S/C20H19Cl2N7O4/c21-12-6-7-15(14(22)8-12)33-10-17(31)27-29-20-18(23)19(24-11-25-20)28-26-16(30)9-32-13-4-2-1-3-5-13/h1-8,11H,9-10,23H2,(H,26,30)(H,27,31)(H2,24,25,28,29). The van der Waals surface area contributed by atoms with Gasteiger partial charge in [0.05, 0.1) is 5.02 Å². The van der Waals surface area contributed by atoms with Gasteiger partial charge < -0.3 is 15.2 Å². The van der Waals surface area contributed by atoms with Gasteiger partial charge in [-0.2, -0.15) is 0 Å². The summed E-state index contributed by atoms with van der Waals surface area (Å²) in [4.78, 5) is 31.9. The lowest BCUT2D eigenvalue weighted by molar-refractivity contribution is -0.123. The summed E-state index contributed by atoms with van der Waals surface area (Å²) in [5.74, 6) is 0.0757. The number of nitrogens with zero attached hydrogens (tertiary/aromatic N) is 2. The van der Waals surface area contributed by atoms with Gasteiger partial charge in [0.15, 0.2) is 24.8 Å². The highest BCUT2D eigenvalue weighted by Gasteiger charge is 2.11. The number of nitrogen functional groups attached to an aromatic ring is 1. The number of halogens is 2. The monoisotopic (exact) mass is 491 g/mol. The zero-order valence-corrected chi connectivity index (χ0v) is 18.5. The summed E-state index contributed by atoms with van der Waals surface area (Å²) in [5, 5.41) is 0.720. The number of rotatable bonds is 10. The Hall–Kier alpha value is -3.96. The molecule has 1 aromatic heterocycles. The maximum absolute atomic E-state index is 12.0. The van der Waals surface area contributed by atoms with E-state index in [9.17, 15) is 9.59 Å². The minimum absolute atomic E-state index is 0.0451. The van der Waals surface area contributed by atoms with Gasteiger partial charge in [-0.1, -0.05) is 41.4 Å². The molecule has 6 N–H and O–H groups in total. The van der Waals surface area contributed by atoms with E-state index in [1.54, 1.807) is 36.4 Å². The fourth-order valence-electron chi connectivity index (χ4n) is 2.33. The number of aromatic nitrogens is 2. The van der Waals surface area contributed by atoms with Gasteiger partial charge in [-0.25, -0.2) is 9.97 Å². The molecule has 0 unspecified atom stereocenters. The number of carbonyl (C=O) groups excluding carboxylic acids is 2. The molecule has 172 valence electrons. The molecule has 0 aliphatic rings. The number of hydrogen-bond donors (Lipinski definition) is 5. The van der Waals surface area contributed by atoms with Crippen LogP contribution in [-0.4, -0.2) is 35.0 Å². The number of nitrogens with one attached hydrogen (secondary N) is 4. The smallest absolute Gasteiger partial charge is 0.276 e. The van der Waals surface area contributed by atoms with Crippen molar-refractivity contribution < 1.29 is 19.1 Å². The molecular weight excluding hydrogens is 473 g/mol. The van der Waals surface area contributed by atoms with Crippen LogP contribution < -0.4 is 36.9 Å². The van der Waals surface area contributed by atoms with E-state index in [1.807, 2.05) is 6.07 Å². The number of hydrazine groups is 2. The van der Waals surface area contributed by atoms with Crippen LogP contribution in [-0.2, 0) is 9.59 Å². The van der Waals surface area contributed by atoms with Gasteiger partial charge in [-0.05, 0) is 30.3 Å². The van der Waals surface area contributed by atoms with Crippen LogP contribution in [0.2, 0.25) is 10.0 Å². The number of nitrogens with two attached hydrogens (primary N) is 1. The van der Waals surface area contributed by atoms with E-state index < -0.39 is 11.8 Å². The van der Waals surface area contributed by atoms with Crippen molar-refractivity contribution in [3.8, 4) is 11.5 Å². The lowest BCUT2D eigenvalue weighted by atomic mass is 10.3. The average molecular weight is 492 g/mol. The van der Waals surface area contributed by atoms with E-state index in [1.165, 1.54) is 12.4 Å². The van der Waals surface area contributed by atoms with Crippen molar-refractivity contribution in [1.82, 2.24) is 20.8 Å². The minimum atomic E-state index is -0.528. The molecule has 0 radical (unpaired) electrons. The number of ether oxygens (including phenoxy) is 2. The molecular formula is C20H19Cl2N7O4. The Morgan fingerprint density at radius 3 is 2.09 bits per heavy atom. The zero-order chi connectivity index (χ0) is 23.6. The molecule has 0 saturated carbocycles. The first-order valence-electron chi connectivity index (χ1n) is 9.38. The number of anilines is 3. The molecule has 0 atom stereocenters. The summed E-state index contributed by atoms with van der Waals surface area (Å²) >= 11 is 11.8. The van der Waals surface area contributed by atoms with Crippen molar-refractivity contribution in [3.63, 3.8) is 0 Å². The van der Waals surface area contributed by atoms with Crippen LogP contribution in [0.3, 0.4) is 0 Å². The van der Waals surface area contributed by atoms with Crippen molar-refractivity contribution in [2.75, 3.05) is 29.8 Å². The predicted octanol–water partition coefficient (Wildman–Crippen LogP) is 2.41. The quantitative estimate of drug-likeness (QED) is 0.269. The molecule has 0 bridgehead atoms. The number of carbonyl (C=O) groups is 2. The lowest BCUT2D eigenvalue weighted by Crippen LogP contribution is -2.35. The van der Waals surface area contributed by atoms with E-state index >= 15 is 0 Å². The van der Waals surface area contributed by atoms with Crippen LogP contribution in [0.15, 0.2) is 54.9 Å². The summed E-state index contributed by atoms with van der Waals surface area (Å²) in [6.45, 7) is -0.553. The second kappa shape index (κ2) is 11.6. The van der Waals surface area contributed by atoms with Crippen molar-refractivity contribution in [2.24, 2.45) is 0 Å². The predicted molar refractivity (Wildman–Crippen MR) is 124 cm³/mol. The number of hydrogen-bond acceptors (Lipinski definition) is 9. The molecule has 0 fully saturated rings. The zero-order valence-electron chi connectivity index (χ0n) is 17.0. The molecule has 1 heterocycles. The van der Waals surface area contributed by atoms with E-state index in [4.69, 9.17) is 38.4 Å². The van der Waals surface area contributed by atoms with Crippen LogP contribution in [0, 0.1) is 0 Å². The van der Waals surface area contributed by atoms with Gasteiger partial charge in [-0.15, -0.1) is 0 Å². The molecule has 3 rings (SSSR count). The number of benzene rings is 2. The van der Waals surface area contributed by atoms with Gasteiger partial charge >= 0.3 is 0 Å². The summed E-state index contributed by atoms with van der Waals surface area (Å²) in [6.07, 6.45) is 1.18. The number of amides is 2. The Labute approximate surface area is 198 Å². The summed E-state index contributed by atoms with van der Waals surface area (Å²) in [6, 6.07) is 13.5. The Bertz CT molecular complexity index is 1120. The fourth-order valence-corrected chi connectivity index (χ4v) is 2.79. The van der Waals surface area contributed by atoms with E-state index in [0.29, 0.717) is 16.5 Å². The molecule has 0 saturated heterocycles. The van der Waals surface area contributed by atoms with E-state index in [2.05, 4.69) is 31.7 Å². The maximum atomic E-state index is 12.0. The van der Waals surface area contributed by atoms with Crippen LogP contribution in [0.4, 0.5) is 17.3 Å². The average Bonchev–Trinajstić information content (AvgIpc) is 2.81. The Morgan fingerprint density at radius 2 is 1.48 bits per heavy atom. The normalized spacial score (nSPS) is 10.1. The van der Waals surface area contributed by atoms with Crippen molar-refractivity contribution in [2.45, 2.75) is 0 Å². The van der Waals surface area contributed by atoms with Crippen molar-refractivity contribution in [3.05, 3.63) is 64.9 Å². The van der Waals surface area contributed by atoms with E-state index in [0.717, 1.165) is 0 Å². The fraction of sp³-hybridized carbons (Fsp3) is 0.100.